The number of para-hydroxylation sites is 2. The third-order valence-electron chi connectivity index (χ3n) is 4.38. The van der Waals surface area contributed by atoms with Crippen molar-refractivity contribution in [3.05, 3.63) is 53.9 Å². The molecule has 0 saturated heterocycles. The average Bonchev–Trinajstić information content (AvgIpc) is 3.07. The molecule has 6 nitrogen and oxygen atoms in total. The van der Waals surface area contributed by atoms with Crippen molar-refractivity contribution >= 4 is 26.8 Å². The Balaban J connectivity index is 1.68. The molecule has 2 N–H and O–H groups in total. The molecule has 1 aliphatic rings. The summed E-state index contributed by atoms with van der Waals surface area (Å²) in [7, 11) is -3.68. The van der Waals surface area contributed by atoms with Gasteiger partial charge in [-0.15, -0.1) is 0 Å². The van der Waals surface area contributed by atoms with Gasteiger partial charge in [0.15, 0.2) is 5.58 Å². The molecule has 0 bridgehead atoms. The number of nitrogens with zero attached hydrogens (tertiary/aromatic N) is 2. The topological polar surface area (TPSA) is 89.4 Å². The Morgan fingerprint density at radius 1 is 1.29 bits per heavy atom. The van der Waals surface area contributed by atoms with Crippen LogP contribution in [0, 0.1) is 0 Å². The molecule has 124 valence electrons. The molecule has 0 fully saturated rings. The van der Waals surface area contributed by atoms with Crippen LogP contribution in [0.25, 0.3) is 11.1 Å². The summed E-state index contributed by atoms with van der Waals surface area (Å²) in [5, 5.41) is 5.22. The lowest BCUT2D eigenvalue weighted by Crippen LogP contribution is -2.28. The lowest BCUT2D eigenvalue weighted by molar-refractivity contribution is 0.508. The summed E-state index contributed by atoms with van der Waals surface area (Å²) >= 11 is 0. The first-order valence-electron chi connectivity index (χ1n) is 7.68. The van der Waals surface area contributed by atoms with Crippen molar-refractivity contribution in [1.82, 2.24) is 4.98 Å². The number of fused-ring (bicyclic) bond motifs is 2. The number of primary sulfonamides is 1. The maximum Gasteiger partial charge on any atom is 0.238 e. The molecule has 1 aromatic heterocycles. The van der Waals surface area contributed by atoms with Gasteiger partial charge in [0.1, 0.15) is 5.52 Å². The van der Waals surface area contributed by atoms with Gasteiger partial charge in [0.25, 0.3) is 0 Å². The average molecular weight is 343 g/mol. The molecule has 0 radical (unpaired) electrons. The molecular formula is C17H17N3O3S. The molecule has 7 heteroatoms. The van der Waals surface area contributed by atoms with Crippen LogP contribution in [-0.2, 0) is 23.0 Å². The maximum atomic E-state index is 11.5. The Kier molecular flexibility index (Phi) is 3.36. The van der Waals surface area contributed by atoms with E-state index in [-0.39, 0.29) is 10.9 Å². The number of rotatable bonds is 3. The van der Waals surface area contributed by atoms with E-state index in [0.717, 1.165) is 28.8 Å². The van der Waals surface area contributed by atoms with Crippen molar-refractivity contribution < 1.29 is 12.8 Å². The van der Waals surface area contributed by atoms with Gasteiger partial charge >= 0.3 is 0 Å². The molecule has 0 aliphatic carbocycles. The van der Waals surface area contributed by atoms with Crippen LogP contribution in [-0.4, -0.2) is 19.4 Å². The second-order valence-electron chi connectivity index (χ2n) is 6.09. The number of hydrogen-bond donors (Lipinski definition) is 1. The van der Waals surface area contributed by atoms with Crippen molar-refractivity contribution in [2.75, 3.05) is 4.90 Å². The molecule has 0 spiro atoms. The van der Waals surface area contributed by atoms with E-state index in [1.807, 2.05) is 24.3 Å². The minimum Gasteiger partial charge on any atom is -0.439 e. The quantitative estimate of drug-likeness (QED) is 0.789. The first-order chi connectivity index (χ1) is 11.4. The Hall–Kier alpha value is -2.38. The van der Waals surface area contributed by atoms with Gasteiger partial charge in [0, 0.05) is 11.7 Å². The number of benzene rings is 2. The van der Waals surface area contributed by atoms with Gasteiger partial charge in [-0.25, -0.2) is 18.5 Å². The van der Waals surface area contributed by atoms with E-state index in [4.69, 9.17) is 9.56 Å². The van der Waals surface area contributed by atoms with Crippen LogP contribution in [0.4, 0.5) is 5.69 Å². The largest absolute Gasteiger partial charge is 0.439 e. The van der Waals surface area contributed by atoms with Crippen molar-refractivity contribution in [3.8, 4) is 0 Å². The summed E-state index contributed by atoms with van der Waals surface area (Å²) in [6, 6.07) is 12.9. The number of hydrogen-bond acceptors (Lipinski definition) is 5. The van der Waals surface area contributed by atoms with E-state index in [9.17, 15) is 8.42 Å². The summed E-state index contributed by atoms with van der Waals surface area (Å²) in [5.74, 6) is 0.645. The van der Waals surface area contributed by atoms with Crippen LogP contribution in [0.5, 0.6) is 0 Å². The lowest BCUT2D eigenvalue weighted by Gasteiger charge is -2.23. The highest BCUT2D eigenvalue weighted by Gasteiger charge is 2.28. The number of sulfonamides is 1. The smallest absolute Gasteiger partial charge is 0.238 e. The zero-order chi connectivity index (χ0) is 16.9. The van der Waals surface area contributed by atoms with Crippen molar-refractivity contribution in [2.45, 2.75) is 30.8 Å². The maximum absolute atomic E-state index is 11.5. The van der Waals surface area contributed by atoms with E-state index in [0.29, 0.717) is 12.4 Å². The second kappa shape index (κ2) is 5.32. The SMILES string of the molecule is C[C@H]1Cc2cc(S(N)(=O)=O)ccc2N1Cc1nc2ccccc2o1. The van der Waals surface area contributed by atoms with Crippen LogP contribution >= 0.6 is 0 Å². The Morgan fingerprint density at radius 2 is 2.08 bits per heavy atom. The van der Waals surface area contributed by atoms with E-state index in [1.54, 1.807) is 18.2 Å². The molecule has 2 heterocycles. The molecule has 1 aliphatic heterocycles. The van der Waals surface area contributed by atoms with Gasteiger partial charge in [0.2, 0.25) is 15.9 Å². The lowest BCUT2D eigenvalue weighted by atomic mass is 10.1. The van der Waals surface area contributed by atoms with E-state index >= 15 is 0 Å². The van der Waals surface area contributed by atoms with Crippen LogP contribution < -0.4 is 10.0 Å². The fourth-order valence-electron chi connectivity index (χ4n) is 3.22. The molecule has 24 heavy (non-hydrogen) atoms. The third kappa shape index (κ3) is 2.55. The Bertz CT molecular complexity index is 993. The van der Waals surface area contributed by atoms with E-state index < -0.39 is 10.0 Å². The fourth-order valence-corrected chi connectivity index (χ4v) is 3.79. The highest BCUT2D eigenvalue weighted by atomic mass is 32.2. The highest BCUT2D eigenvalue weighted by Crippen LogP contribution is 2.35. The van der Waals surface area contributed by atoms with Gasteiger partial charge in [0.05, 0.1) is 11.4 Å². The first kappa shape index (κ1) is 15.2. The normalized spacial score (nSPS) is 17.4. The molecule has 1 atom stereocenters. The summed E-state index contributed by atoms with van der Waals surface area (Å²) in [5.41, 5.74) is 3.58. The molecule has 0 saturated carbocycles. The van der Waals surface area contributed by atoms with Crippen LogP contribution in [0.15, 0.2) is 51.8 Å². The molecule has 0 unspecified atom stereocenters. The van der Waals surface area contributed by atoms with E-state index in [2.05, 4.69) is 16.8 Å². The molecule has 3 aromatic rings. The zero-order valence-electron chi connectivity index (χ0n) is 13.1. The summed E-state index contributed by atoms with van der Waals surface area (Å²) < 4.78 is 28.9. The minimum absolute atomic E-state index is 0.150. The number of aromatic nitrogens is 1. The number of anilines is 1. The van der Waals surface area contributed by atoms with Crippen molar-refractivity contribution in [2.24, 2.45) is 5.14 Å². The van der Waals surface area contributed by atoms with Crippen molar-refractivity contribution in [3.63, 3.8) is 0 Å². The second-order valence-corrected chi connectivity index (χ2v) is 7.65. The Labute approximate surface area is 139 Å². The molecule has 4 rings (SSSR count). The predicted molar refractivity (Wildman–Crippen MR) is 91.2 cm³/mol. The summed E-state index contributed by atoms with van der Waals surface area (Å²) in [4.78, 5) is 6.84. The summed E-state index contributed by atoms with van der Waals surface area (Å²) in [6.07, 6.45) is 0.763. The monoisotopic (exact) mass is 343 g/mol. The van der Waals surface area contributed by atoms with Crippen molar-refractivity contribution in [1.29, 1.82) is 0 Å². The number of oxazole rings is 1. The predicted octanol–water partition coefficient (Wildman–Crippen LogP) is 2.43. The first-order valence-corrected chi connectivity index (χ1v) is 9.23. The summed E-state index contributed by atoms with van der Waals surface area (Å²) in [6.45, 7) is 2.64. The van der Waals surface area contributed by atoms with Crippen LogP contribution in [0.2, 0.25) is 0 Å². The Morgan fingerprint density at radius 3 is 2.83 bits per heavy atom. The van der Waals surface area contributed by atoms with Crippen LogP contribution in [0.1, 0.15) is 18.4 Å². The molecular weight excluding hydrogens is 326 g/mol. The molecule has 2 aromatic carbocycles. The van der Waals surface area contributed by atoms with Gasteiger partial charge in [-0.2, -0.15) is 0 Å². The van der Waals surface area contributed by atoms with Gasteiger partial charge in [-0.1, -0.05) is 12.1 Å². The highest BCUT2D eigenvalue weighted by molar-refractivity contribution is 7.89. The molecule has 0 amide bonds. The van der Waals surface area contributed by atoms with Gasteiger partial charge in [-0.3, -0.25) is 0 Å². The van der Waals surface area contributed by atoms with Gasteiger partial charge in [-0.05, 0) is 49.2 Å². The van der Waals surface area contributed by atoms with Gasteiger partial charge < -0.3 is 9.32 Å². The number of nitrogens with two attached hydrogens (primary N) is 1. The third-order valence-corrected chi connectivity index (χ3v) is 5.29. The fraction of sp³-hybridized carbons (Fsp3) is 0.235. The van der Waals surface area contributed by atoms with E-state index in [1.165, 1.54) is 0 Å². The van der Waals surface area contributed by atoms with Crippen LogP contribution in [0.3, 0.4) is 0 Å². The minimum atomic E-state index is -3.68. The standard InChI is InChI=1S/C17H17N3O3S/c1-11-8-12-9-13(24(18,21)22)6-7-15(12)20(11)10-17-19-14-4-2-3-5-16(14)23-17/h2-7,9,11H,8,10H2,1H3,(H2,18,21,22)/t11-/m0/s1. The zero-order valence-corrected chi connectivity index (χ0v) is 14.0.